The van der Waals surface area contributed by atoms with E-state index in [9.17, 15) is 4.79 Å². The maximum absolute atomic E-state index is 12.1. The number of fused-ring (bicyclic) bond motifs is 3. The highest BCUT2D eigenvalue weighted by molar-refractivity contribution is 7.98. The van der Waals surface area contributed by atoms with Crippen molar-refractivity contribution < 1.29 is 9.53 Å². The van der Waals surface area contributed by atoms with Crippen molar-refractivity contribution in [3.8, 4) is 0 Å². The maximum atomic E-state index is 12.1. The lowest BCUT2D eigenvalue weighted by Gasteiger charge is -2.11. The SMILES string of the molecule is CN(C)CCOC(=O)c1ccc2[nH]c3c(c2c1)CSCC3. The molecular formula is C16H20N2O2S. The lowest BCUT2D eigenvalue weighted by atomic mass is 10.1. The number of ether oxygens (including phenoxy) is 1. The predicted molar refractivity (Wildman–Crippen MR) is 87.0 cm³/mol. The molecule has 0 atom stereocenters. The molecular weight excluding hydrogens is 284 g/mol. The zero-order valence-corrected chi connectivity index (χ0v) is 13.3. The summed E-state index contributed by atoms with van der Waals surface area (Å²) in [4.78, 5) is 17.6. The van der Waals surface area contributed by atoms with E-state index < -0.39 is 0 Å². The molecule has 112 valence electrons. The molecule has 0 amide bonds. The fourth-order valence-corrected chi connectivity index (χ4v) is 3.59. The van der Waals surface area contributed by atoms with Gasteiger partial charge in [0.15, 0.2) is 0 Å². The van der Waals surface area contributed by atoms with E-state index in [1.807, 2.05) is 49.0 Å². The van der Waals surface area contributed by atoms with Crippen molar-refractivity contribution in [1.29, 1.82) is 0 Å². The number of carbonyl (C=O) groups is 1. The van der Waals surface area contributed by atoms with Crippen LogP contribution in [0.4, 0.5) is 0 Å². The first-order valence-corrected chi connectivity index (χ1v) is 8.33. The third-order valence-corrected chi connectivity index (χ3v) is 4.73. The summed E-state index contributed by atoms with van der Waals surface area (Å²) >= 11 is 1.95. The molecule has 2 heterocycles. The Labute approximate surface area is 128 Å². The van der Waals surface area contributed by atoms with Crippen LogP contribution in [0, 0.1) is 0 Å². The Morgan fingerprint density at radius 1 is 1.43 bits per heavy atom. The van der Waals surface area contributed by atoms with E-state index in [1.165, 1.54) is 22.4 Å². The highest BCUT2D eigenvalue weighted by Crippen LogP contribution is 2.31. The van der Waals surface area contributed by atoms with Gasteiger partial charge in [0, 0.05) is 28.9 Å². The average molecular weight is 304 g/mol. The number of nitrogens with zero attached hydrogens (tertiary/aromatic N) is 1. The molecule has 0 radical (unpaired) electrons. The van der Waals surface area contributed by atoms with E-state index in [0.29, 0.717) is 12.2 Å². The molecule has 3 rings (SSSR count). The molecule has 1 aromatic heterocycles. The molecule has 0 aliphatic carbocycles. The highest BCUT2D eigenvalue weighted by Gasteiger charge is 2.17. The minimum atomic E-state index is -0.239. The molecule has 1 aromatic carbocycles. The van der Waals surface area contributed by atoms with E-state index in [2.05, 4.69) is 4.98 Å². The molecule has 1 N–H and O–H groups in total. The van der Waals surface area contributed by atoms with Gasteiger partial charge in [-0.05, 0) is 50.0 Å². The zero-order valence-electron chi connectivity index (χ0n) is 12.4. The van der Waals surface area contributed by atoms with Crippen LogP contribution in [-0.2, 0) is 16.9 Å². The molecule has 0 saturated carbocycles. The van der Waals surface area contributed by atoms with Crippen molar-refractivity contribution >= 4 is 28.6 Å². The van der Waals surface area contributed by atoms with E-state index in [4.69, 9.17) is 4.74 Å². The van der Waals surface area contributed by atoms with Crippen molar-refractivity contribution in [2.75, 3.05) is 33.0 Å². The number of rotatable bonds is 4. The molecule has 21 heavy (non-hydrogen) atoms. The number of esters is 1. The number of likely N-dealkylation sites (N-methyl/N-ethyl adjacent to an activating group) is 1. The Morgan fingerprint density at radius 3 is 3.10 bits per heavy atom. The summed E-state index contributed by atoms with van der Waals surface area (Å²) in [5, 5.41) is 1.17. The minimum Gasteiger partial charge on any atom is -0.461 e. The zero-order chi connectivity index (χ0) is 14.8. The molecule has 4 nitrogen and oxygen atoms in total. The van der Waals surface area contributed by atoms with E-state index in [1.54, 1.807) is 0 Å². The quantitative estimate of drug-likeness (QED) is 0.882. The number of aryl methyl sites for hydroxylation is 1. The second-order valence-corrected chi connectivity index (χ2v) is 6.69. The largest absolute Gasteiger partial charge is 0.461 e. The first-order valence-electron chi connectivity index (χ1n) is 7.18. The van der Waals surface area contributed by atoms with Gasteiger partial charge in [0.05, 0.1) is 5.56 Å². The van der Waals surface area contributed by atoms with Gasteiger partial charge < -0.3 is 14.6 Å². The van der Waals surface area contributed by atoms with E-state index in [0.717, 1.165) is 24.2 Å². The fraction of sp³-hybridized carbons (Fsp3) is 0.438. The summed E-state index contributed by atoms with van der Waals surface area (Å²) in [6.45, 7) is 1.16. The summed E-state index contributed by atoms with van der Waals surface area (Å²) in [6, 6.07) is 5.80. The normalized spacial score (nSPS) is 14.4. The van der Waals surface area contributed by atoms with Crippen LogP contribution in [0.2, 0.25) is 0 Å². The van der Waals surface area contributed by atoms with Gasteiger partial charge in [0.1, 0.15) is 6.61 Å². The van der Waals surface area contributed by atoms with E-state index >= 15 is 0 Å². The minimum absolute atomic E-state index is 0.239. The third-order valence-electron chi connectivity index (χ3n) is 3.74. The summed E-state index contributed by atoms with van der Waals surface area (Å²) in [5.41, 5.74) is 4.43. The number of nitrogens with one attached hydrogen (secondary N) is 1. The summed E-state index contributed by atoms with van der Waals surface area (Å²) in [6.07, 6.45) is 1.08. The Balaban J connectivity index is 1.81. The number of aromatic amines is 1. The number of hydrogen-bond acceptors (Lipinski definition) is 4. The maximum Gasteiger partial charge on any atom is 0.338 e. The van der Waals surface area contributed by atoms with Gasteiger partial charge in [0.2, 0.25) is 0 Å². The molecule has 0 bridgehead atoms. The van der Waals surface area contributed by atoms with Gasteiger partial charge in [0.25, 0.3) is 0 Å². The number of H-pyrrole nitrogens is 1. The van der Waals surface area contributed by atoms with Crippen molar-refractivity contribution in [1.82, 2.24) is 9.88 Å². The van der Waals surface area contributed by atoms with Gasteiger partial charge in [-0.1, -0.05) is 0 Å². The van der Waals surface area contributed by atoms with Crippen LogP contribution >= 0.6 is 11.8 Å². The average Bonchev–Trinajstić information content (AvgIpc) is 2.84. The third kappa shape index (κ3) is 3.09. The van der Waals surface area contributed by atoms with E-state index in [-0.39, 0.29) is 5.97 Å². The van der Waals surface area contributed by atoms with Gasteiger partial charge in [-0.2, -0.15) is 11.8 Å². The Bertz CT molecular complexity index is 664. The molecule has 1 aliphatic heterocycles. The fourth-order valence-electron chi connectivity index (χ4n) is 2.56. The summed E-state index contributed by atoms with van der Waals surface area (Å²) < 4.78 is 5.31. The first-order chi connectivity index (χ1) is 10.1. The second-order valence-electron chi connectivity index (χ2n) is 5.58. The monoisotopic (exact) mass is 304 g/mol. The van der Waals surface area contributed by atoms with Crippen molar-refractivity contribution in [2.24, 2.45) is 0 Å². The number of aromatic nitrogens is 1. The molecule has 0 unspecified atom stereocenters. The second kappa shape index (κ2) is 6.12. The Kier molecular flexibility index (Phi) is 4.22. The Morgan fingerprint density at radius 2 is 2.29 bits per heavy atom. The molecule has 2 aromatic rings. The van der Waals surface area contributed by atoms with Gasteiger partial charge in [-0.25, -0.2) is 4.79 Å². The molecule has 1 aliphatic rings. The topological polar surface area (TPSA) is 45.3 Å². The van der Waals surface area contributed by atoms with Crippen LogP contribution in [0.25, 0.3) is 10.9 Å². The predicted octanol–water partition coefficient (Wildman–Crippen LogP) is 2.68. The van der Waals surface area contributed by atoms with Crippen LogP contribution in [0.1, 0.15) is 21.6 Å². The van der Waals surface area contributed by atoms with Crippen molar-refractivity contribution in [3.63, 3.8) is 0 Å². The van der Waals surface area contributed by atoms with Gasteiger partial charge >= 0.3 is 5.97 Å². The van der Waals surface area contributed by atoms with Gasteiger partial charge in [-0.3, -0.25) is 0 Å². The van der Waals surface area contributed by atoms with Crippen LogP contribution in [0.3, 0.4) is 0 Å². The van der Waals surface area contributed by atoms with Crippen LogP contribution < -0.4 is 0 Å². The van der Waals surface area contributed by atoms with Crippen molar-refractivity contribution in [3.05, 3.63) is 35.0 Å². The smallest absolute Gasteiger partial charge is 0.338 e. The van der Waals surface area contributed by atoms with Crippen LogP contribution in [0.5, 0.6) is 0 Å². The Hall–Kier alpha value is -1.46. The first kappa shape index (κ1) is 14.5. The standard InChI is InChI=1S/C16H20N2O2S/c1-18(2)6-7-20-16(19)11-3-4-14-12(9-11)13-10-21-8-5-15(13)17-14/h3-4,9,17H,5-8,10H2,1-2H3. The lowest BCUT2D eigenvalue weighted by molar-refractivity contribution is 0.0482. The summed E-state index contributed by atoms with van der Waals surface area (Å²) in [7, 11) is 3.92. The highest BCUT2D eigenvalue weighted by atomic mass is 32.2. The van der Waals surface area contributed by atoms with Gasteiger partial charge in [-0.15, -0.1) is 0 Å². The number of hydrogen-bond donors (Lipinski definition) is 1. The molecule has 0 saturated heterocycles. The van der Waals surface area contributed by atoms with Crippen LogP contribution in [0.15, 0.2) is 18.2 Å². The lowest BCUT2D eigenvalue weighted by Crippen LogP contribution is -2.20. The number of carbonyl (C=O) groups excluding carboxylic acids is 1. The molecule has 5 heteroatoms. The number of benzene rings is 1. The molecule has 0 fully saturated rings. The molecule has 0 spiro atoms. The van der Waals surface area contributed by atoms with Crippen LogP contribution in [-0.4, -0.2) is 48.9 Å². The van der Waals surface area contributed by atoms with Crippen molar-refractivity contribution in [2.45, 2.75) is 12.2 Å². The summed E-state index contributed by atoms with van der Waals surface area (Å²) in [5.74, 6) is 1.95. The number of thioether (sulfide) groups is 1.